The van der Waals surface area contributed by atoms with Crippen molar-refractivity contribution in [2.75, 3.05) is 7.11 Å². The second kappa shape index (κ2) is 9.78. The molecule has 3 rings (SSSR count). The summed E-state index contributed by atoms with van der Waals surface area (Å²) in [6, 6.07) is 25.1. The summed E-state index contributed by atoms with van der Waals surface area (Å²) in [5.41, 5.74) is 3.24. The van der Waals surface area contributed by atoms with Gasteiger partial charge in [-0.1, -0.05) is 61.5 Å². The normalized spacial score (nSPS) is 12.7. The van der Waals surface area contributed by atoms with E-state index in [4.69, 9.17) is 9.47 Å². The van der Waals surface area contributed by atoms with Crippen LogP contribution in [0, 0.1) is 6.92 Å². The number of aryl methyl sites for hydroxylation is 1. The second-order valence-electron chi connectivity index (χ2n) is 6.90. The molecule has 0 aliphatic carbocycles. The molecule has 0 saturated carbocycles. The number of benzene rings is 3. The third-order valence-electron chi connectivity index (χ3n) is 4.92. The molecule has 4 heteroatoms. The summed E-state index contributed by atoms with van der Waals surface area (Å²) in [5.74, 6) is 1.25. The van der Waals surface area contributed by atoms with Crippen molar-refractivity contribution in [1.82, 2.24) is 5.32 Å². The fourth-order valence-corrected chi connectivity index (χ4v) is 3.27. The molecule has 0 radical (unpaired) electrons. The molecule has 29 heavy (non-hydrogen) atoms. The van der Waals surface area contributed by atoms with E-state index < -0.39 is 6.10 Å². The van der Waals surface area contributed by atoms with E-state index in [1.165, 1.54) is 0 Å². The number of methoxy groups -OCH3 is 1. The van der Waals surface area contributed by atoms with Gasteiger partial charge in [0, 0.05) is 0 Å². The molecule has 1 N–H and O–H groups in total. The van der Waals surface area contributed by atoms with Gasteiger partial charge in [-0.15, -0.1) is 0 Å². The molecule has 0 heterocycles. The van der Waals surface area contributed by atoms with Crippen LogP contribution in [0.25, 0.3) is 0 Å². The molecule has 3 aromatic rings. The van der Waals surface area contributed by atoms with Crippen molar-refractivity contribution in [3.63, 3.8) is 0 Å². The Morgan fingerprint density at radius 2 is 1.52 bits per heavy atom. The topological polar surface area (TPSA) is 47.6 Å². The zero-order valence-electron chi connectivity index (χ0n) is 17.1. The van der Waals surface area contributed by atoms with Crippen molar-refractivity contribution >= 4 is 5.91 Å². The quantitative estimate of drug-likeness (QED) is 0.585. The van der Waals surface area contributed by atoms with Gasteiger partial charge in [-0.3, -0.25) is 4.79 Å². The predicted molar refractivity (Wildman–Crippen MR) is 115 cm³/mol. The number of hydrogen-bond acceptors (Lipinski definition) is 3. The van der Waals surface area contributed by atoms with Crippen molar-refractivity contribution in [2.45, 2.75) is 32.4 Å². The smallest absolute Gasteiger partial charge is 0.261 e. The molecule has 150 valence electrons. The number of rotatable bonds is 8. The number of carbonyl (C=O) groups excluding carboxylic acids is 1. The van der Waals surface area contributed by atoms with Crippen LogP contribution in [0.4, 0.5) is 0 Å². The van der Waals surface area contributed by atoms with Gasteiger partial charge in [0.2, 0.25) is 0 Å². The van der Waals surface area contributed by atoms with Crippen LogP contribution in [-0.4, -0.2) is 19.1 Å². The summed E-state index contributed by atoms with van der Waals surface area (Å²) in [6.45, 7) is 4.00. The Labute approximate surface area is 172 Å². The molecule has 3 aromatic carbocycles. The van der Waals surface area contributed by atoms with E-state index in [-0.39, 0.29) is 11.9 Å². The minimum Gasteiger partial charge on any atom is -0.497 e. The number of nitrogens with one attached hydrogen (secondary N) is 1. The van der Waals surface area contributed by atoms with Crippen LogP contribution in [0.2, 0.25) is 0 Å². The lowest BCUT2D eigenvalue weighted by Crippen LogP contribution is -2.40. The lowest BCUT2D eigenvalue weighted by molar-refractivity contribution is -0.128. The first kappa shape index (κ1) is 20.5. The maximum Gasteiger partial charge on any atom is 0.261 e. The average molecular weight is 389 g/mol. The lowest BCUT2D eigenvalue weighted by atomic mass is 9.94. The third-order valence-corrected chi connectivity index (χ3v) is 4.92. The van der Waals surface area contributed by atoms with E-state index in [1.807, 2.05) is 73.7 Å². The van der Waals surface area contributed by atoms with E-state index >= 15 is 0 Å². The van der Waals surface area contributed by atoms with Crippen LogP contribution in [-0.2, 0) is 4.79 Å². The van der Waals surface area contributed by atoms with E-state index in [2.05, 4.69) is 24.4 Å². The fraction of sp³-hybridized carbons (Fsp3) is 0.240. The van der Waals surface area contributed by atoms with Gasteiger partial charge in [0.05, 0.1) is 13.2 Å². The molecule has 0 aromatic heterocycles. The van der Waals surface area contributed by atoms with E-state index in [0.29, 0.717) is 12.2 Å². The lowest BCUT2D eigenvalue weighted by Gasteiger charge is -2.25. The Hall–Kier alpha value is -3.27. The zero-order valence-corrected chi connectivity index (χ0v) is 17.1. The standard InChI is InChI=1S/C25H27NO3/c1-4-23(29-21-16-14-20(28-3)15-17-21)25(27)26-24(19-11-6-5-7-12-19)22-13-9-8-10-18(22)2/h5-17,23-24H,4H2,1-3H3,(H,26,27)/t23-,24+/m0/s1. The Bertz CT molecular complexity index is 922. The zero-order chi connectivity index (χ0) is 20.6. The summed E-state index contributed by atoms with van der Waals surface area (Å²) >= 11 is 0. The van der Waals surface area contributed by atoms with Crippen LogP contribution in [0.3, 0.4) is 0 Å². The largest absolute Gasteiger partial charge is 0.497 e. The minimum absolute atomic E-state index is 0.138. The number of amides is 1. The molecular weight excluding hydrogens is 362 g/mol. The van der Waals surface area contributed by atoms with Crippen LogP contribution in [0.5, 0.6) is 11.5 Å². The summed E-state index contributed by atoms with van der Waals surface area (Å²) in [6.07, 6.45) is -0.0220. The van der Waals surface area contributed by atoms with Crippen LogP contribution in [0.15, 0.2) is 78.9 Å². The van der Waals surface area contributed by atoms with Crippen LogP contribution in [0.1, 0.15) is 36.1 Å². The number of ether oxygens (including phenoxy) is 2. The van der Waals surface area contributed by atoms with E-state index in [0.717, 1.165) is 22.4 Å². The first-order valence-electron chi connectivity index (χ1n) is 9.84. The number of carbonyl (C=O) groups is 1. The first-order chi connectivity index (χ1) is 14.1. The second-order valence-corrected chi connectivity index (χ2v) is 6.90. The van der Waals surface area contributed by atoms with Crippen LogP contribution < -0.4 is 14.8 Å². The van der Waals surface area contributed by atoms with Gasteiger partial charge in [0.1, 0.15) is 11.5 Å². The Kier molecular flexibility index (Phi) is 6.90. The van der Waals surface area contributed by atoms with Gasteiger partial charge in [-0.25, -0.2) is 0 Å². The molecule has 0 unspecified atom stereocenters. The maximum atomic E-state index is 13.1. The van der Waals surface area contributed by atoms with E-state index in [1.54, 1.807) is 7.11 Å². The third kappa shape index (κ3) is 5.17. The first-order valence-corrected chi connectivity index (χ1v) is 9.84. The molecule has 0 saturated heterocycles. The average Bonchev–Trinajstić information content (AvgIpc) is 2.77. The van der Waals surface area contributed by atoms with Crippen molar-refractivity contribution < 1.29 is 14.3 Å². The summed E-state index contributed by atoms with van der Waals surface area (Å²) in [7, 11) is 1.62. The Balaban J connectivity index is 1.81. The summed E-state index contributed by atoms with van der Waals surface area (Å²) < 4.78 is 11.1. The molecular formula is C25H27NO3. The maximum absolute atomic E-state index is 13.1. The molecule has 2 atom stereocenters. The van der Waals surface area contributed by atoms with E-state index in [9.17, 15) is 4.79 Å². The summed E-state index contributed by atoms with van der Waals surface area (Å²) in [5, 5.41) is 3.20. The highest BCUT2D eigenvalue weighted by Gasteiger charge is 2.24. The number of hydrogen-bond donors (Lipinski definition) is 1. The van der Waals surface area contributed by atoms with Gasteiger partial charge in [0.15, 0.2) is 6.10 Å². The Morgan fingerprint density at radius 3 is 2.14 bits per heavy atom. The van der Waals surface area contributed by atoms with Gasteiger partial charge >= 0.3 is 0 Å². The minimum atomic E-state index is -0.585. The molecule has 0 bridgehead atoms. The fourth-order valence-electron chi connectivity index (χ4n) is 3.27. The Morgan fingerprint density at radius 1 is 0.897 bits per heavy atom. The predicted octanol–water partition coefficient (Wildman–Crippen LogP) is 5.07. The highest BCUT2D eigenvalue weighted by molar-refractivity contribution is 5.82. The SMILES string of the molecule is CC[C@H](Oc1ccc(OC)cc1)C(=O)N[C@H](c1ccccc1)c1ccccc1C. The molecule has 0 spiro atoms. The monoisotopic (exact) mass is 389 g/mol. The van der Waals surface area contributed by atoms with Crippen molar-refractivity contribution in [2.24, 2.45) is 0 Å². The van der Waals surface area contributed by atoms with Gasteiger partial charge in [0.25, 0.3) is 5.91 Å². The van der Waals surface area contributed by atoms with Gasteiger partial charge in [-0.05, 0) is 54.3 Å². The molecule has 0 aliphatic heterocycles. The highest BCUT2D eigenvalue weighted by Crippen LogP contribution is 2.26. The van der Waals surface area contributed by atoms with Crippen molar-refractivity contribution in [1.29, 1.82) is 0 Å². The molecule has 0 aliphatic rings. The van der Waals surface area contributed by atoms with Gasteiger partial charge in [-0.2, -0.15) is 0 Å². The van der Waals surface area contributed by atoms with Crippen molar-refractivity contribution in [3.8, 4) is 11.5 Å². The van der Waals surface area contributed by atoms with Crippen LogP contribution >= 0.6 is 0 Å². The highest BCUT2D eigenvalue weighted by atomic mass is 16.5. The molecule has 4 nitrogen and oxygen atoms in total. The molecule has 0 fully saturated rings. The molecule has 1 amide bonds. The van der Waals surface area contributed by atoms with Gasteiger partial charge < -0.3 is 14.8 Å². The van der Waals surface area contributed by atoms with Crippen molar-refractivity contribution in [3.05, 3.63) is 95.6 Å². The summed E-state index contributed by atoms with van der Waals surface area (Å²) in [4.78, 5) is 13.1.